The van der Waals surface area contributed by atoms with Crippen molar-refractivity contribution in [2.75, 3.05) is 4.43 Å². The van der Waals surface area contributed by atoms with Crippen molar-refractivity contribution >= 4 is 22.6 Å². The van der Waals surface area contributed by atoms with Gasteiger partial charge >= 0.3 is 0 Å². The minimum atomic E-state index is 1.21. The Morgan fingerprint density at radius 3 is 2.27 bits per heavy atom. The Hall–Kier alpha value is 0.210. The van der Waals surface area contributed by atoms with E-state index in [1.54, 1.807) is 5.57 Å². The molecule has 0 rings (SSSR count). The Morgan fingerprint density at radius 1 is 0.933 bits per heavy atom. The Morgan fingerprint density at radius 2 is 1.67 bits per heavy atom. The van der Waals surface area contributed by atoms with Crippen LogP contribution in [0.4, 0.5) is 0 Å². The monoisotopic (exact) mass is 320 g/mol. The van der Waals surface area contributed by atoms with Gasteiger partial charge in [-0.3, -0.25) is 0 Å². The van der Waals surface area contributed by atoms with Crippen LogP contribution in [0, 0.1) is 0 Å². The molecule has 0 aromatic carbocycles. The minimum Gasteiger partial charge on any atom is -0.0864 e. The van der Waals surface area contributed by atoms with Gasteiger partial charge in [0, 0.05) is 0 Å². The lowest BCUT2D eigenvalue weighted by Gasteiger charge is -1.99. The van der Waals surface area contributed by atoms with Gasteiger partial charge in [-0.1, -0.05) is 52.3 Å². The lowest BCUT2D eigenvalue weighted by atomic mass is 10.1. The van der Waals surface area contributed by atoms with Crippen molar-refractivity contribution in [2.45, 2.75) is 59.3 Å². The van der Waals surface area contributed by atoms with Gasteiger partial charge in [-0.05, 0) is 57.3 Å². The van der Waals surface area contributed by atoms with Crippen molar-refractivity contribution < 1.29 is 0 Å². The Kier molecular flexibility index (Phi) is 10.9. The second-order valence-electron chi connectivity index (χ2n) is 4.41. The molecule has 0 nitrogen and oxygen atoms in total. The van der Waals surface area contributed by atoms with Gasteiger partial charge < -0.3 is 0 Å². The lowest BCUT2D eigenvalue weighted by molar-refractivity contribution is 0.734. The van der Waals surface area contributed by atoms with Crippen molar-refractivity contribution in [3.63, 3.8) is 0 Å². The van der Waals surface area contributed by atoms with Crippen molar-refractivity contribution in [3.05, 3.63) is 23.3 Å². The van der Waals surface area contributed by atoms with Crippen molar-refractivity contribution in [1.29, 1.82) is 0 Å². The summed E-state index contributed by atoms with van der Waals surface area (Å²) in [7, 11) is 0. The molecule has 88 valence electrons. The molecule has 0 aromatic heterocycles. The number of hydrogen-bond donors (Lipinski definition) is 0. The predicted octanol–water partition coefficient (Wildman–Crippen LogP) is 5.67. The molecule has 15 heavy (non-hydrogen) atoms. The van der Waals surface area contributed by atoms with Crippen LogP contribution in [0.5, 0.6) is 0 Å². The van der Waals surface area contributed by atoms with Gasteiger partial charge in [-0.2, -0.15) is 0 Å². The molecule has 0 fully saturated rings. The first kappa shape index (κ1) is 15.2. The predicted molar refractivity (Wildman–Crippen MR) is 79.8 cm³/mol. The van der Waals surface area contributed by atoms with E-state index in [2.05, 4.69) is 55.5 Å². The van der Waals surface area contributed by atoms with Gasteiger partial charge in [0.1, 0.15) is 0 Å². The van der Waals surface area contributed by atoms with Crippen LogP contribution in [0.3, 0.4) is 0 Å². The summed E-state index contributed by atoms with van der Waals surface area (Å²) in [5.41, 5.74) is 2.99. The maximum atomic E-state index is 2.46. The maximum Gasteiger partial charge on any atom is -0.000473 e. The highest BCUT2D eigenvalue weighted by Crippen LogP contribution is 2.10. The standard InChI is InChI=1S/C14H25I/c1-13(2)9-8-11-14(3)10-6-4-5-7-12-15/h9-10H,4-8,11-12H2,1-3H3. The van der Waals surface area contributed by atoms with Gasteiger partial charge in [0.2, 0.25) is 0 Å². The molecule has 0 aliphatic heterocycles. The first-order valence-corrected chi connectivity index (χ1v) is 7.54. The van der Waals surface area contributed by atoms with E-state index in [-0.39, 0.29) is 0 Å². The zero-order valence-corrected chi connectivity index (χ0v) is 12.6. The summed E-state index contributed by atoms with van der Waals surface area (Å²) in [6.45, 7) is 6.60. The molecular formula is C14H25I. The van der Waals surface area contributed by atoms with E-state index in [9.17, 15) is 0 Å². The zero-order chi connectivity index (χ0) is 11.5. The first-order valence-electron chi connectivity index (χ1n) is 6.01. The molecule has 0 N–H and O–H groups in total. The average Bonchev–Trinajstić information content (AvgIpc) is 2.17. The molecule has 0 heterocycles. The second kappa shape index (κ2) is 10.7. The summed E-state index contributed by atoms with van der Waals surface area (Å²) in [4.78, 5) is 0. The van der Waals surface area contributed by atoms with E-state index in [1.165, 1.54) is 48.5 Å². The van der Waals surface area contributed by atoms with Crippen LogP contribution >= 0.6 is 22.6 Å². The van der Waals surface area contributed by atoms with Crippen molar-refractivity contribution in [3.8, 4) is 0 Å². The highest BCUT2D eigenvalue weighted by atomic mass is 127. The van der Waals surface area contributed by atoms with E-state index in [4.69, 9.17) is 0 Å². The van der Waals surface area contributed by atoms with E-state index >= 15 is 0 Å². The molecule has 1 heteroatoms. The third-order valence-corrected chi connectivity index (χ3v) is 3.18. The second-order valence-corrected chi connectivity index (χ2v) is 5.49. The number of alkyl halides is 1. The molecule has 0 saturated carbocycles. The number of halogens is 1. The topological polar surface area (TPSA) is 0 Å². The Bertz CT molecular complexity index is 197. The number of unbranched alkanes of at least 4 members (excludes halogenated alkanes) is 3. The van der Waals surface area contributed by atoms with Gasteiger partial charge in [0.05, 0.1) is 0 Å². The third-order valence-electron chi connectivity index (χ3n) is 2.42. The molecular weight excluding hydrogens is 295 g/mol. The summed E-state index contributed by atoms with van der Waals surface area (Å²) in [6.07, 6.45) is 12.6. The summed E-state index contributed by atoms with van der Waals surface area (Å²) in [5.74, 6) is 0. The molecule has 0 unspecified atom stereocenters. The average molecular weight is 320 g/mol. The molecule has 0 aromatic rings. The minimum absolute atomic E-state index is 1.21. The van der Waals surface area contributed by atoms with Crippen LogP contribution in [-0.4, -0.2) is 4.43 Å². The van der Waals surface area contributed by atoms with E-state index in [0.717, 1.165) is 0 Å². The maximum absolute atomic E-state index is 2.46. The van der Waals surface area contributed by atoms with Crippen LogP contribution in [-0.2, 0) is 0 Å². The summed E-state index contributed by atoms with van der Waals surface area (Å²) < 4.78 is 1.31. The van der Waals surface area contributed by atoms with Gasteiger partial charge in [0.15, 0.2) is 0 Å². The van der Waals surface area contributed by atoms with Crippen LogP contribution in [0.15, 0.2) is 23.3 Å². The van der Waals surface area contributed by atoms with Crippen molar-refractivity contribution in [2.24, 2.45) is 0 Å². The molecule has 0 saturated heterocycles. The van der Waals surface area contributed by atoms with Crippen molar-refractivity contribution in [1.82, 2.24) is 0 Å². The molecule has 0 aliphatic rings. The SMILES string of the molecule is CC(C)=CCCC(C)=CCCCCCI. The summed E-state index contributed by atoms with van der Waals surface area (Å²) >= 11 is 2.46. The fourth-order valence-electron chi connectivity index (χ4n) is 1.45. The number of hydrogen-bond acceptors (Lipinski definition) is 0. The molecule has 0 aliphatic carbocycles. The van der Waals surface area contributed by atoms with E-state index < -0.39 is 0 Å². The van der Waals surface area contributed by atoms with Gasteiger partial charge in [0.25, 0.3) is 0 Å². The molecule has 0 bridgehead atoms. The van der Waals surface area contributed by atoms with E-state index in [1.807, 2.05) is 0 Å². The van der Waals surface area contributed by atoms with Gasteiger partial charge in [-0.25, -0.2) is 0 Å². The fourth-order valence-corrected chi connectivity index (χ4v) is 1.99. The molecule has 0 radical (unpaired) electrons. The van der Waals surface area contributed by atoms with Crippen LogP contribution < -0.4 is 0 Å². The van der Waals surface area contributed by atoms with Crippen LogP contribution in [0.25, 0.3) is 0 Å². The highest BCUT2D eigenvalue weighted by Gasteiger charge is 1.90. The molecule has 0 amide bonds. The lowest BCUT2D eigenvalue weighted by Crippen LogP contribution is -1.80. The van der Waals surface area contributed by atoms with Crippen LogP contribution in [0.1, 0.15) is 59.3 Å². The molecule has 0 atom stereocenters. The smallest absolute Gasteiger partial charge is 0.000473 e. The quantitative estimate of drug-likeness (QED) is 0.234. The van der Waals surface area contributed by atoms with Crippen LogP contribution in [0.2, 0.25) is 0 Å². The first-order chi connectivity index (χ1) is 7.16. The highest BCUT2D eigenvalue weighted by molar-refractivity contribution is 14.1. The number of rotatable bonds is 8. The largest absolute Gasteiger partial charge is 0.0864 e. The fraction of sp³-hybridized carbons (Fsp3) is 0.714. The van der Waals surface area contributed by atoms with Gasteiger partial charge in [-0.15, -0.1) is 0 Å². The third kappa shape index (κ3) is 12.1. The number of allylic oxidation sites excluding steroid dienone is 4. The summed E-state index contributed by atoms with van der Waals surface area (Å²) in [5, 5.41) is 0. The Labute approximate surface area is 109 Å². The summed E-state index contributed by atoms with van der Waals surface area (Å²) in [6, 6.07) is 0. The Balaban J connectivity index is 3.48. The normalized spacial score (nSPS) is 11.6. The van der Waals surface area contributed by atoms with E-state index in [0.29, 0.717) is 0 Å². The molecule has 0 spiro atoms. The zero-order valence-electron chi connectivity index (χ0n) is 10.5.